The van der Waals surface area contributed by atoms with Gasteiger partial charge in [0.05, 0.1) is 13.1 Å². The van der Waals surface area contributed by atoms with E-state index in [1.54, 1.807) is 4.90 Å². The second kappa shape index (κ2) is 10.3. The van der Waals surface area contributed by atoms with E-state index in [9.17, 15) is 14.4 Å². The van der Waals surface area contributed by atoms with Gasteiger partial charge in [-0.3, -0.25) is 14.4 Å². The first-order valence-corrected chi connectivity index (χ1v) is 7.56. The fourth-order valence-corrected chi connectivity index (χ4v) is 1.98. The molecule has 0 bridgehead atoms. The Balaban J connectivity index is 2.41. The molecule has 1 aromatic rings. The molecule has 0 spiro atoms. The number of nitrogens with one attached hydrogen (secondary N) is 2. The number of benzene rings is 1. The van der Waals surface area contributed by atoms with Crippen LogP contribution in [-0.2, 0) is 20.8 Å². The first-order valence-electron chi connectivity index (χ1n) is 7.56. The average molecular weight is 320 g/mol. The Bertz CT molecular complexity index is 519. The van der Waals surface area contributed by atoms with Crippen LogP contribution >= 0.6 is 0 Å². The van der Waals surface area contributed by atoms with Gasteiger partial charge in [-0.15, -0.1) is 0 Å². The average Bonchev–Trinajstić information content (AvgIpc) is 2.55. The first-order chi connectivity index (χ1) is 11.0. The summed E-state index contributed by atoms with van der Waals surface area (Å²) in [7, 11) is 0. The van der Waals surface area contributed by atoms with Crippen molar-refractivity contribution in [3.05, 3.63) is 35.9 Å². The highest BCUT2D eigenvalue weighted by molar-refractivity contribution is 5.87. The van der Waals surface area contributed by atoms with Gasteiger partial charge in [0.1, 0.15) is 0 Å². The Labute approximate surface area is 136 Å². The van der Waals surface area contributed by atoms with Crippen molar-refractivity contribution in [1.82, 2.24) is 15.5 Å². The summed E-state index contributed by atoms with van der Waals surface area (Å²) in [5.74, 6) is -0.883. The van der Waals surface area contributed by atoms with Gasteiger partial charge in [-0.25, -0.2) is 0 Å². The monoisotopic (exact) mass is 320 g/mol. The lowest BCUT2D eigenvalue weighted by atomic mass is 10.1. The van der Waals surface area contributed by atoms with Gasteiger partial charge < -0.3 is 21.3 Å². The summed E-state index contributed by atoms with van der Waals surface area (Å²) < 4.78 is 0. The van der Waals surface area contributed by atoms with Crippen LogP contribution in [0.2, 0.25) is 0 Å². The summed E-state index contributed by atoms with van der Waals surface area (Å²) in [5.41, 5.74) is 6.68. The van der Waals surface area contributed by atoms with E-state index in [0.29, 0.717) is 19.6 Å². The zero-order valence-electron chi connectivity index (χ0n) is 13.4. The highest BCUT2D eigenvalue weighted by Gasteiger charge is 2.14. The lowest BCUT2D eigenvalue weighted by Gasteiger charge is -2.22. The largest absolute Gasteiger partial charge is 0.347 e. The zero-order chi connectivity index (χ0) is 17.1. The quantitative estimate of drug-likeness (QED) is 0.558. The van der Waals surface area contributed by atoms with Gasteiger partial charge in [0.2, 0.25) is 17.7 Å². The van der Waals surface area contributed by atoms with Crippen molar-refractivity contribution in [2.24, 2.45) is 5.73 Å². The second-order valence-corrected chi connectivity index (χ2v) is 5.09. The highest BCUT2D eigenvalue weighted by atomic mass is 16.2. The molecular weight excluding hydrogens is 296 g/mol. The van der Waals surface area contributed by atoms with Gasteiger partial charge in [-0.2, -0.15) is 0 Å². The minimum atomic E-state index is -0.399. The smallest absolute Gasteiger partial charge is 0.242 e. The molecule has 4 N–H and O–H groups in total. The summed E-state index contributed by atoms with van der Waals surface area (Å²) in [4.78, 5) is 36.0. The summed E-state index contributed by atoms with van der Waals surface area (Å²) >= 11 is 0. The summed E-state index contributed by atoms with van der Waals surface area (Å²) in [5, 5.41) is 4.86. The van der Waals surface area contributed by atoms with Crippen LogP contribution in [0.15, 0.2) is 30.3 Å². The van der Waals surface area contributed by atoms with Gasteiger partial charge in [0.15, 0.2) is 0 Å². The molecule has 0 saturated heterocycles. The van der Waals surface area contributed by atoms with E-state index < -0.39 is 5.91 Å². The van der Waals surface area contributed by atoms with Crippen LogP contribution < -0.4 is 16.4 Å². The molecule has 0 aliphatic carbocycles. The predicted molar refractivity (Wildman–Crippen MR) is 87.5 cm³/mol. The maximum Gasteiger partial charge on any atom is 0.242 e. The van der Waals surface area contributed by atoms with Crippen LogP contribution in [-0.4, -0.2) is 55.3 Å². The molecule has 0 saturated carbocycles. The fourth-order valence-electron chi connectivity index (χ4n) is 1.98. The topological polar surface area (TPSA) is 105 Å². The van der Waals surface area contributed by atoms with Crippen molar-refractivity contribution in [3.63, 3.8) is 0 Å². The molecule has 0 aromatic heterocycles. The highest BCUT2D eigenvalue weighted by Crippen LogP contribution is 2.01. The van der Waals surface area contributed by atoms with Gasteiger partial charge in [-0.1, -0.05) is 30.3 Å². The lowest BCUT2D eigenvalue weighted by Crippen LogP contribution is -2.45. The standard InChI is InChI=1S/C16H24N4O3/c1-13(21)18-11-15(22)19-12-16(23)20(10-8-17)9-7-14-5-3-2-4-6-14/h2-6H,7-12,17H2,1H3,(H,18,21)(H,19,22). The third-order valence-electron chi connectivity index (χ3n) is 3.20. The summed E-state index contributed by atoms with van der Waals surface area (Å²) in [6.07, 6.45) is 0.729. The maximum absolute atomic E-state index is 12.2. The van der Waals surface area contributed by atoms with Gasteiger partial charge >= 0.3 is 0 Å². The Kier molecular flexibility index (Phi) is 8.38. The van der Waals surface area contributed by atoms with Crippen LogP contribution in [0.4, 0.5) is 0 Å². The summed E-state index contributed by atoms with van der Waals surface area (Å²) in [6, 6.07) is 9.84. The molecule has 0 aliphatic heterocycles. The van der Waals surface area contributed by atoms with Crippen molar-refractivity contribution in [2.75, 3.05) is 32.7 Å². The van der Waals surface area contributed by atoms with Crippen molar-refractivity contribution < 1.29 is 14.4 Å². The fraction of sp³-hybridized carbons (Fsp3) is 0.438. The van der Waals surface area contributed by atoms with E-state index in [1.807, 2.05) is 30.3 Å². The van der Waals surface area contributed by atoms with Crippen molar-refractivity contribution in [2.45, 2.75) is 13.3 Å². The number of carbonyl (C=O) groups excluding carboxylic acids is 3. The predicted octanol–water partition coefficient (Wildman–Crippen LogP) is -0.731. The molecule has 126 valence electrons. The molecule has 0 heterocycles. The third-order valence-corrected chi connectivity index (χ3v) is 3.20. The molecule has 0 atom stereocenters. The van der Waals surface area contributed by atoms with E-state index in [1.165, 1.54) is 6.92 Å². The normalized spacial score (nSPS) is 10.0. The van der Waals surface area contributed by atoms with E-state index in [2.05, 4.69) is 10.6 Å². The van der Waals surface area contributed by atoms with Crippen LogP contribution in [0.25, 0.3) is 0 Å². The molecular formula is C16H24N4O3. The van der Waals surface area contributed by atoms with Crippen LogP contribution in [0.3, 0.4) is 0 Å². The number of hydrogen-bond acceptors (Lipinski definition) is 4. The van der Waals surface area contributed by atoms with E-state index >= 15 is 0 Å². The Hall–Kier alpha value is -2.41. The van der Waals surface area contributed by atoms with Crippen molar-refractivity contribution in [3.8, 4) is 0 Å². The number of hydrogen-bond donors (Lipinski definition) is 3. The molecule has 0 unspecified atom stereocenters. The number of nitrogens with two attached hydrogens (primary N) is 1. The van der Waals surface area contributed by atoms with Crippen molar-refractivity contribution in [1.29, 1.82) is 0 Å². The lowest BCUT2D eigenvalue weighted by molar-refractivity contribution is -0.132. The molecule has 1 aromatic carbocycles. The number of rotatable bonds is 9. The van der Waals surface area contributed by atoms with E-state index in [0.717, 1.165) is 12.0 Å². The third kappa shape index (κ3) is 7.96. The molecule has 0 aliphatic rings. The number of nitrogens with zero attached hydrogens (tertiary/aromatic N) is 1. The van der Waals surface area contributed by atoms with Crippen LogP contribution in [0, 0.1) is 0 Å². The zero-order valence-corrected chi connectivity index (χ0v) is 13.4. The minimum absolute atomic E-state index is 0.104. The van der Waals surface area contributed by atoms with Crippen molar-refractivity contribution >= 4 is 17.7 Å². The molecule has 23 heavy (non-hydrogen) atoms. The van der Waals surface area contributed by atoms with Crippen LogP contribution in [0.5, 0.6) is 0 Å². The van der Waals surface area contributed by atoms with Crippen LogP contribution in [0.1, 0.15) is 12.5 Å². The second-order valence-electron chi connectivity index (χ2n) is 5.09. The van der Waals surface area contributed by atoms with Gasteiger partial charge in [0, 0.05) is 26.6 Å². The Morgan fingerprint density at radius 3 is 2.35 bits per heavy atom. The molecule has 7 heteroatoms. The minimum Gasteiger partial charge on any atom is -0.347 e. The first kappa shape index (κ1) is 18.6. The summed E-state index contributed by atoms with van der Waals surface area (Å²) in [6.45, 7) is 2.43. The molecule has 0 fully saturated rings. The maximum atomic E-state index is 12.2. The SMILES string of the molecule is CC(=O)NCC(=O)NCC(=O)N(CCN)CCc1ccccc1. The molecule has 0 radical (unpaired) electrons. The molecule has 1 rings (SSSR count). The number of carbonyl (C=O) groups is 3. The number of amides is 3. The van der Waals surface area contributed by atoms with E-state index in [-0.39, 0.29) is 24.9 Å². The Morgan fingerprint density at radius 2 is 1.74 bits per heavy atom. The van der Waals surface area contributed by atoms with Gasteiger partial charge in [-0.05, 0) is 12.0 Å². The van der Waals surface area contributed by atoms with Gasteiger partial charge in [0.25, 0.3) is 0 Å². The van der Waals surface area contributed by atoms with E-state index in [4.69, 9.17) is 5.73 Å². The Morgan fingerprint density at radius 1 is 1.04 bits per heavy atom. The molecule has 3 amide bonds. The molecule has 7 nitrogen and oxygen atoms in total.